The number of thioether (sulfide) groups is 1. The van der Waals surface area contributed by atoms with E-state index < -0.39 is 35.2 Å². The number of fused-ring (bicyclic) bond motifs is 1. The number of carboxylic acid groups (broad SMARTS) is 1. The third kappa shape index (κ3) is 4.64. The van der Waals surface area contributed by atoms with E-state index in [-0.39, 0.29) is 41.2 Å². The van der Waals surface area contributed by atoms with Crippen molar-refractivity contribution < 1.29 is 33.9 Å². The Hall–Kier alpha value is -3.13. The molecule has 2 aliphatic rings. The van der Waals surface area contributed by atoms with E-state index in [0.717, 1.165) is 16.2 Å². The molecule has 0 spiro atoms. The van der Waals surface area contributed by atoms with Gasteiger partial charge in [0, 0.05) is 23.6 Å². The van der Waals surface area contributed by atoms with Crippen molar-refractivity contribution in [3.63, 3.8) is 0 Å². The van der Waals surface area contributed by atoms with Crippen LogP contribution in [0.15, 0.2) is 21.8 Å². The van der Waals surface area contributed by atoms with Gasteiger partial charge in [-0.25, -0.2) is 9.78 Å². The Labute approximate surface area is 184 Å². The zero-order chi connectivity index (χ0) is 22.7. The third-order valence-electron chi connectivity index (χ3n) is 4.25. The lowest BCUT2D eigenvalue weighted by molar-refractivity contribution is -0.150. The van der Waals surface area contributed by atoms with Crippen LogP contribution in [-0.4, -0.2) is 74.8 Å². The van der Waals surface area contributed by atoms with Gasteiger partial charge >= 0.3 is 11.9 Å². The molecule has 3 rings (SSSR count). The summed E-state index contributed by atoms with van der Waals surface area (Å²) in [7, 11) is 0. The highest BCUT2D eigenvalue weighted by atomic mass is 32.2. The molecule has 1 saturated heterocycles. The Balaban J connectivity index is 1.78. The molecule has 0 bridgehead atoms. The summed E-state index contributed by atoms with van der Waals surface area (Å²) in [5.74, 6) is -2.96. The van der Waals surface area contributed by atoms with Crippen LogP contribution in [0, 0.1) is 0 Å². The number of hydrogen-bond acceptors (Lipinski definition) is 11. The highest BCUT2D eigenvalue weighted by Crippen LogP contribution is 2.40. The molecule has 0 saturated carbocycles. The number of β-lactam (4-membered cyclic amide) rings is 1. The number of thiazole rings is 1. The van der Waals surface area contributed by atoms with E-state index in [1.807, 2.05) is 0 Å². The molecular weight excluding hydrogens is 450 g/mol. The molecule has 0 unspecified atom stereocenters. The number of nitrogens with zero attached hydrogens (tertiary/aromatic N) is 3. The topological polar surface area (TPSA) is 174 Å². The van der Waals surface area contributed by atoms with Gasteiger partial charge in [0.05, 0.1) is 0 Å². The van der Waals surface area contributed by atoms with Gasteiger partial charge in [0.15, 0.2) is 10.8 Å². The minimum Gasteiger partial charge on any atom is -0.477 e. The van der Waals surface area contributed by atoms with Crippen molar-refractivity contribution in [1.29, 1.82) is 0 Å². The first-order valence-corrected chi connectivity index (χ1v) is 10.9. The summed E-state index contributed by atoms with van der Waals surface area (Å²) in [6, 6.07) is -0.968. The minimum atomic E-state index is -1.32. The zero-order valence-electron chi connectivity index (χ0n) is 16.5. The highest BCUT2D eigenvalue weighted by molar-refractivity contribution is 8.00. The molecule has 2 amide bonds. The van der Waals surface area contributed by atoms with Crippen LogP contribution in [0.25, 0.3) is 0 Å². The Morgan fingerprint density at radius 2 is 2.19 bits per heavy atom. The first-order valence-electron chi connectivity index (χ1n) is 9.00. The van der Waals surface area contributed by atoms with Crippen LogP contribution in [0.2, 0.25) is 0 Å². The second kappa shape index (κ2) is 9.34. The fourth-order valence-corrected chi connectivity index (χ4v) is 4.80. The van der Waals surface area contributed by atoms with Gasteiger partial charge in [-0.2, -0.15) is 0 Å². The number of nitrogens with one attached hydrogen (secondary N) is 1. The Morgan fingerprint density at radius 1 is 1.45 bits per heavy atom. The predicted molar refractivity (Wildman–Crippen MR) is 111 cm³/mol. The van der Waals surface area contributed by atoms with Gasteiger partial charge in [0.25, 0.3) is 11.8 Å². The number of hydrogen-bond donors (Lipinski definition) is 3. The number of anilines is 1. The molecule has 166 valence electrons. The maximum absolute atomic E-state index is 12.8. The summed E-state index contributed by atoms with van der Waals surface area (Å²) in [6.07, 6.45) is 0. The number of esters is 1. The maximum atomic E-state index is 12.8. The van der Waals surface area contributed by atoms with E-state index in [0.29, 0.717) is 5.57 Å². The molecule has 0 aliphatic carbocycles. The predicted octanol–water partition coefficient (Wildman–Crippen LogP) is -0.232. The van der Waals surface area contributed by atoms with E-state index in [9.17, 15) is 24.3 Å². The van der Waals surface area contributed by atoms with Gasteiger partial charge in [0.2, 0.25) is 0 Å². The molecule has 4 N–H and O–H groups in total. The lowest BCUT2D eigenvalue weighted by Gasteiger charge is -2.49. The molecule has 12 nitrogen and oxygen atoms in total. The number of carbonyl (C=O) groups is 4. The number of nitrogens with two attached hydrogens (primary N) is 1. The largest absolute Gasteiger partial charge is 0.477 e. The minimum absolute atomic E-state index is 0.147. The number of carboxylic acids is 1. The van der Waals surface area contributed by atoms with Crippen LogP contribution >= 0.6 is 23.1 Å². The number of nitrogen functional groups attached to an aromatic ring is 1. The fourth-order valence-electron chi connectivity index (χ4n) is 2.92. The van der Waals surface area contributed by atoms with Crippen LogP contribution in [0.4, 0.5) is 5.13 Å². The van der Waals surface area contributed by atoms with Gasteiger partial charge in [-0.15, -0.1) is 23.1 Å². The molecule has 1 fully saturated rings. The standard InChI is InChI=1S/C17H19N5O7S2/c1-3-29-21-10(9-6-31-17(18)19-9)13(24)20-11-14(25)22-12(16(26)27)8(4-28-7(2)23)5-30-15(11)22/h6,11,15H,3-5H2,1-2H3,(H2,18,19)(H,20,24)(H,26,27)/b21-10+/t11-,15-/m1/s1. The smallest absolute Gasteiger partial charge is 0.352 e. The second-order valence-electron chi connectivity index (χ2n) is 6.33. The van der Waals surface area contributed by atoms with Crippen LogP contribution in [0.1, 0.15) is 19.5 Å². The van der Waals surface area contributed by atoms with Gasteiger partial charge in [-0.05, 0) is 6.92 Å². The number of ether oxygens (including phenoxy) is 1. The van der Waals surface area contributed by atoms with Crippen LogP contribution in [-0.2, 0) is 28.8 Å². The van der Waals surface area contributed by atoms with Crippen LogP contribution in [0.3, 0.4) is 0 Å². The molecule has 3 heterocycles. The molecule has 2 atom stereocenters. The van der Waals surface area contributed by atoms with Crippen molar-refractivity contribution in [1.82, 2.24) is 15.2 Å². The van der Waals surface area contributed by atoms with Gasteiger partial charge in [-0.1, -0.05) is 5.16 Å². The molecule has 1 aromatic rings. The number of carbonyl (C=O) groups excluding carboxylic acids is 3. The van der Waals surface area contributed by atoms with E-state index in [1.165, 1.54) is 24.1 Å². The lowest BCUT2D eigenvalue weighted by atomic mass is 10.0. The van der Waals surface area contributed by atoms with Gasteiger partial charge < -0.3 is 25.7 Å². The van der Waals surface area contributed by atoms with Crippen molar-refractivity contribution >= 4 is 57.7 Å². The lowest BCUT2D eigenvalue weighted by Crippen LogP contribution is -2.71. The number of amides is 2. The zero-order valence-corrected chi connectivity index (χ0v) is 18.1. The molecule has 0 radical (unpaired) electrons. The number of aromatic nitrogens is 1. The molecule has 2 aliphatic heterocycles. The summed E-state index contributed by atoms with van der Waals surface area (Å²) < 4.78 is 4.89. The Bertz CT molecular complexity index is 989. The normalized spacial score (nSPS) is 20.6. The van der Waals surface area contributed by atoms with E-state index in [1.54, 1.807) is 6.92 Å². The summed E-state index contributed by atoms with van der Waals surface area (Å²) in [6.45, 7) is 2.88. The molecule has 1 aromatic heterocycles. The highest BCUT2D eigenvalue weighted by Gasteiger charge is 2.54. The molecule has 14 heteroatoms. The average molecular weight is 470 g/mol. The SMILES string of the molecule is CCO/N=C(/C(=O)N[C@@H]1C(=O)N2C(C(=O)O)=C(COC(C)=O)CS[C@H]12)c1csc(N)n1. The van der Waals surface area contributed by atoms with Crippen LogP contribution in [0.5, 0.6) is 0 Å². The van der Waals surface area contributed by atoms with Crippen molar-refractivity contribution in [3.05, 3.63) is 22.3 Å². The van der Waals surface area contributed by atoms with Crippen molar-refractivity contribution in [2.75, 3.05) is 24.7 Å². The van der Waals surface area contributed by atoms with E-state index in [2.05, 4.69) is 15.5 Å². The third-order valence-corrected chi connectivity index (χ3v) is 6.26. The number of oxime groups is 1. The van der Waals surface area contributed by atoms with E-state index in [4.69, 9.17) is 15.3 Å². The van der Waals surface area contributed by atoms with Gasteiger partial charge in [-0.3, -0.25) is 19.3 Å². The van der Waals surface area contributed by atoms with Crippen molar-refractivity contribution in [2.45, 2.75) is 25.3 Å². The number of aliphatic carboxylic acids is 1. The molecule has 0 aromatic carbocycles. The first kappa shape index (κ1) is 22.6. The second-order valence-corrected chi connectivity index (χ2v) is 8.32. The van der Waals surface area contributed by atoms with Crippen LogP contribution < -0.4 is 11.1 Å². The summed E-state index contributed by atoms with van der Waals surface area (Å²) >= 11 is 2.37. The molecular formula is C17H19N5O7S2. The Morgan fingerprint density at radius 3 is 2.77 bits per heavy atom. The quantitative estimate of drug-likeness (QED) is 0.200. The maximum Gasteiger partial charge on any atom is 0.352 e. The fraction of sp³-hybridized carbons (Fsp3) is 0.412. The Kier molecular flexibility index (Phi) is 6.80. The van der Waals surface area contributed by atoms with Gasteiger partial charge in [0.1, 0.15) is 36.0 Å². The number of rotatable bonds is 8. The summed E-state index contributed by atoms with van der Waals surface area (Å²) in [4.78, 5) is 58.3. The monoisotopic (exact) mass is 469 g/mol. The molecule has 31 heavy (non-hydrogen) atoms. The summed E-state index contributed by atoms with van der Waals surface area (Å²) in [5, 5.41) is 17.1. The van der Waals surface area contributed by atoms with Crippen molar-refractivity contribution in [2.24, 2.45) is 5.16 Å². The average Bonchev–Trinajstić information content (AvgIpc) is 3.15. The summed E-state index contributed by atoms with van der Waals surface area (Å²) in [5.41, 5.74) is 5.73. The van der Waals surface area contributed by atoms with E-state index >= 15 is 0 Å². The first-order chi connectivity index (χ1) is 14.7. The van der Waals surface area contributed by atoms with Crippen molar-refractivity contribution in [3.8, 4) is 0 Å².